The number of nitrogens with one attached hydrogen (secondary N) is 2. The number of anilines is 1. The minimum absolute atomic E-state index is 0.187. The van der Waals surface area contributed by atoms with E-state index in [9.17, 15) is 9.59 Å². The predicted molar refractivity (Wildman–Crippen MR) is 82.9 cm³/mol. The first-order valence-electron chi connectivity index (χ1n) is 6.91. The van der Waals surface area contributed by atoms with Gasteiger partial charge >= 0.3 is 12.0 Å². The Morgan fingerprint density at radius 2 is 2.00 bits per heavy atom. The van der Waals surface area contributed by atoms with Crippen LogP contribution < -0.4 is 10.6 Å². The zero-order valence-electron chi connectivity index (χ0n) is 12.9. The van der Waals surface area contributed by atoms with Crippen molar-refractivity contribution in [2.75, 3.05) is 25.5 Å². The van der Waals surface area contributed by atoms with Gasteiger partial charge in [0.1, 0.15) is 0 Å². The van der Waals surface area contributed by atoms with Crippen LogP contribution in [0.5, 0.6) is 0 Å². The summed E-state index contributed by atoms with van der Waals surface area (Å²) in [5.41, 5.74) is 1.23. The molecule has 6 nitrogen and oxygen atoms in total. The van der Waals surface area contributed by atoms with E-state index < -0.39 is 5.97 Å². The number of likely N-dealkylation sites (N-methyl/N-ethyl adjacent to an activating group) is 1. The molecule has 116 valence electrons. The van der Waals surface area contributed by atoms with Crippen LogP contribution in [-0.2, 0) is 0 Å². The van der Waals surface area contributed by atoms with E-state index in [1.54, 1.807) is 19.1 Å². The molecule has 0 aliphatic heterocycles. The molecule has 1 aromatic carbocycles. The number of carboxylic acids is 1. The summed E-state index contributed by atoms with van der Waals surface area (Å²) >= 11 is 0. The Hall–Kier alpha value is -2.08. The Balaban J connectivity index is 2.56. The molecule has 0 atom stereocenters. The fraction of sp³-hybridized carbons (Fsp3) is 0.467. The van der Waals surface area contributed by atoms with E-state index in [0.717, 1.165) is 6.54 Å². The van der Waals surface area contributed by atoms with Crippen molar-refractivity contribution >= 4 is 17.7 Å². The standard InChI is InChI=1S/C15H23N3O3/c1-10(2)18(4)9-8-16-15(21)17-13-7-5-6-12(11(13)3)14(19)20/h5-7,10H,8-9H2,1-4H3,(H,19,20)(H2,16,17,21). The summed E-state index contributed by atoms with van der Waals surface area (Å²) in [6, 6.07) is 4.89. The number of carbonyl (C=O) groups is 2. The quantitative estimate of drug-likeness (QED) is 0.750. The van der Waals surface area contributed by atoms with Crippen molar-refractivity contribution in [2.45, 2.75) is 26.8 Å². The summed E-state index contributed by atoms with van der Waals surface area (Å²) in [4.78, 5) is 25.0. The molecule has 2 amide bonds. The van der Waals surface area contributed by atoms with E-state index in [1.165, 1.54) is 6.07 Å². The highest BCUT2D eigenvalue weighted by Crippen LogP contribution is 2.18. The molecule has 0 saturated carbocycles. The fourth-order valence-corrected chi connectivity index (χ4v) is 1.77. The van der Waals surface area contributed by atoms with E-state index in [4.69, 9.17) is 5.11 Å². The lowest BCUT2D eigenvalue weighted by Gasteiger charge is -2.21. The molecule has 0 unspecified atom stereocenters. The maximum absolute atomic E-state index is 11.8. The molecule has 1 aromatic rings. The summed E-state index contributed by atoms with van der Waals surface area (Å²) in [6.45, 7) is 7.12. The maximum atomic E-state index is 11.8. The smallest absolute Gasteiger partial charge is 0.336 e. The van der Waals surface area contributed by atoms with Crippen molar-refractivity contribution in [3.8, 4) is 0 Å². The number of nitrogens with zero attached hydrogens (tertiary/aromatic N) is 1. The number of rotatable bonds is 6. The molecule has 0 bridgehead atoms. The zero-order valence-corrected chi connectivity index (χ0v) is 12.9. The van der Waals surface area contributed by atoms with Crippen LogP contribution in [0.1, 0.15) is 29.8 Å². The maximum Gasteiger partial charge on any atom is 0.336 e. The van der Waals surface area contributed by atoms with E-state index in [-0.39, 0.29) is 11.6 Å². The number of aromatic carboxylic acids is 1. The van der Waals surface area contributed by atoms with Gasteiger partial charge in [-0.25, -0.2) is 9.59 Å². The van der Waals surface area contributed by atoms with Crippen molar-refractivity contribution in [2.24, 2.45) is 0 Å². The highest BCUT2D eigenvalue weighted by atomic mass is 16.4. The predicted octanol–water partition coefficient (Wildman–Crippen LogP) is 2.15. The summed E-state index contributed by atoms with van der Waals surface area (Å²) in [7, 11) is 1.99. The second-order valence-electron chi connectivity index (χ2n) is 5.24. The molecule has 0 aliphatic carbocycles. The van der Waals surface area contributed by atoms with Crippen LogP contribution in [0.3, 0.4) is 0 Å². The van der Waals surface area contributed by atoms with Gasteiger partial charge in [-0.1, -0.05) is 6.07 Å². The van der Waals surface area contributed by atoms with E-state index in [2.05, 4.69) is 29.4 Å². The van der Waals surface area contributed by atoms with Gasteiger partial charge in [0.25, 0.3) is 0 Å². The minimum atomic E-state index is -1.00. The largest absolute Gasteiger partial charge is 0.478 e. The first-order valence-corrected chi connectivity index (χ1v) is 6.91. The highest BCUT2D eigenvalue weighted by Gasteiger charge is 2.12. The van der Waals surface area contributed by atoms with Crippen molar-refractivity contribution in [1.29, 1.82) is 0 Å². The van der Waals surface area contributed by atoms with Gasteiger partial charge in [0.05, 0.1) is 5.56 Å². The second-order valence-corrected chi connectivity index (χ2v) is 5.24. The number of hydrogen-bond acceptors (Lipinski definition) is 3. The van der Waals surface area contributed by atoms with E-state index >= 15 is 0 Å². The third-order valence-corrected chi connectivity index (χ3v) is 3.44. The van der Waals surface area contributed by atoms with Crippen LogP contribution in [-0.4, -0.2) is 48.2 Å². The molecular weight excluding hydrogens is 270 g/mol. The van der Waals surface area contributed by atoms with Gasteiger partial charge in [-0.2, -0.15) is 0 Å². The highest BCUT2D eigenvalue weighted by molar-refractivity contribution is 5.95. The van der Waals surface area contributed by atoms with Crippen molar-refractivity contribution in [3.05, 3.63) is 29.3 Å². The molecule has 0 aromatic heterocycles. The lowest BCUT2D eigenvalue weighted by Crippen LogP contribution is -2.38. The molecular formula is C15H23N3O3. The first kappa shape index (κ1) is 17.0. The average molecular weight is 293 g/mol. The van der Waals surface area contributed by atoms with Gasteiger partial charge in [0.15, 0.2) is 0 Å². The Morgan fingerprint density at radius 1 is 1.33 bits per heavy atom. The summed E-state index contributed by atoms with van der Waals surface area (Å²) in [5.74, 6) is -1.00. The number of benzene rings is 1. The Kier molecular flexibility index (Phi) is 6.17. The Bertz CT molecular complexity index is 515. The molecule has 1 rings (SSSR count). The Labute approximate surface area is 125 Å². The lowest BCUT2D eigenvalue weighted by atomic mass is 10.1. The molecule has 21 heavy (non-hydrogen) atoms. The van der Waals surface area contributed by atoms with Gasteiger partial charge in [-0.3, -0.25) is 0 Å². The molecule has 0 radical (unpaired) electrons. The van der Waals surface area contributed by atoms with Gasteiger partial charge in [0.2, 0.25) is 0 Å². The number of hydrogen-bond donors (Lipinski definition) is 3. The fourth-order valence-electron chi connectivity index (χ4n) is 1.77. The van der Waals surface area contributed by atoms with Gasteiger partial charge in [-0.05, 0) is 45.5 Å². The van der Waals surface area contributed by atoms with E-state index in [0.29, 0.717) is 23.8 Å². The van der Waals surface area contributed by atoms with Crippen LogP contribution in [0.2, 0.25) is 0 Å². The molecule has 0 fully saturated rings. The molecule has 0 saturated heterocycles. The SMILES string of the molecule is Cc1c(NC(=O)NCCN(C)C(C)C)cccc1C(=O)O. The molecule has 0 aliphatic rings. The zero-order chi connectivity index (χ0) is 16.0. The first-order chi connectivity index (χ1) is 9.82. The molecule has 6 heteroatoms. The minimum Gasteiger partial charge on any atom is -0.478 e. The molecule has 0 heterocycles. The molecule has 3 N–H and O–H groups in total. The van der Waals surface area contributed by atoms with E-state index in [1.807, 2.05) is 7.05 Å². The molecule has 0 spiro atoms. The van der Waals surface area contributed by atoms with Crippen LogP contribution in [0.4, 0.5) is 10.5 Å². The third kappa shape index (κ3) is 5.07. The number of amides is 2. The van der Waals surface area contributed by atoms with Crippen LogP contribution >= 0.6 is 0 Å². The topological polar surface area (TPSA) is 81.7 Å². The van der Waals surface area contributed by atoms with Crippen molar-refractivity contribution in [3.63, 3.8) is 0 Å². The van der Waals surface area contributed by atoms with Gasteiger partial charge in [-0.15, -0.1) is 0 Å². The number of urea groups is 1. The number of carbonyl (C=O) groups excluding carboxylic acids is 1. The van der Waals surface area contributed by atoms with Crippen LogP contribution in [0.25, 0.3) is 0 Å². The Morgan fingerprint density at radius 3 is 2.57 bits per heavy atom. The van der Waals surface area contributed by atoms with Crippen LogP contribution in [0, 0.1) is 6.92 Å². The van der Waals surface area contributed by atoms with Gasteiger partial charge in [0, 0.05) is 24.8 Å². The summed E-state index contributed by atoms with van der Waals surface area (Å²) in [6.07, 6.45) is 0. The summed E-state index contributed by atoms with van der Waals surface area (Å²) < 4.78 is 0. The van der Waals surface area contributed by atoms with Crippen LogP contribution in [0.15, 0.2) is 18.2 Å². The van der Waals surface area contributed by atoms with Crippen molar-refractivity contribution in [1.82, 2.24) is 10.2 Å². The third-order valence-electron chi connectivity index (χ3n) is 3.44. The lowest BCUT2D eigenvalue weighted by molar-refractivity contribution is 0.0696. The monoisotopic (exact) mass is 293 g/mol. The number of carboxylic acid groups (broad SMARTS) is 1. The normalized spacial score (nSPS) is 10.8. The summed E-state index contributed by atoms with van der Waals surface area (Å²) in [5, 5.41) is 14.5. The van der Waals surface area contributed by atoms with Crippen molar-refractivity contribution < 1.29 is 14.7 Å². The second kappa shape index (κ2) is 7.64. The average Bonchev–Trinajstić information content (AvgIpc) is 2.40. The van der Waals surface area contributed by atoms with Gasteiger partial charge < -0.3 is 20.6 Å².